The first kappa shape index (κ1) is 17.3. The van der Waals surface area contributed by atoms with Crippen LogP contribution in [-0.4, -0.2) is 4.98 Å². The van der Waals surface area contributed by atoms with Crippen LogP contribution in [0.15, 0.2) is 41.8 Å². The first-order valence-electron chi connectivity index (χ1n) is 6.86. The smallest absolute Gasteiger partial charge is 0.425 e. The maximum atomic E-state index is 12.6. The highest BCUT2D eigenvalue weighted by Gasteiger charge is 2.32. The molecular formula is C16H9F3N2O2S2. The van der Waals surface area contributed by atoms with Gasteiger partial charge in [-0.25, -0.2) is 0 Å². The summed E-state index contributed by atoms with van der Waals surface area (Å²) in [5.41, 5.74) is 0.235. The van der Waals surface area contributed by atoms with Crippen LogP contribution in [0, 0.1) is 11.3 Å². The lowest BCUT2D eigenvalue weighted by molar-refractivity contribution is -0.134. The molecule has 3 aromatic heterocycles. The van der Waals surface area contributed by atoms with E-state index in [-0.39, 0.29) is 29.0 Å². The van der Waals surface area contributed by atoms with Crippen molar-refractivity contribution in [3.63, 3.8) is 0 Å². The third-order valence-corrected chi connectivity index (χ3v) is 4.77. The molecule has 0 aliphatic heterocycles. The standard InChI is InChI=1S/C16H9F3N2O2S2/c17-16(18,19)12-3-4-15(25-12)23-14-7-10(8-20)6-13(21-14)22-9-11-2-1-5-24-11/h1-7H,9H2. The Kier molecular flexibility index (Phi) is 4.92. The lowest BCUT2D eigenvalue weighted by Crippen LogP contribution is -2.00. The molecule has 0 aliphatic rings. The van der Waals surface area contributed by atoms with Crippen molar-refractivity contribution >= 4 is 22.7 Å². The minimum Gasteiger partial charge on any atom is -0.472 e. The maximum Gasteiger partial charge on any atom is 0.425 e. The van der Waals surface area contributed by atoms with E-state index in [4.69, 9.17) is 14.7 Å². The quantitative estimate of drug-likeness (QED) is 0.587. The van der Waals surface area contributed by atoms with Gasteiger partial charge in [0.15, 0.2) is 5.06 Å². The van der Waals surface area contributed by atoms with Gasteiger partial charge in [0.2, 0.25) is 11.8 Å². The normalized spacial score (nSPS) is 11.1. The largest absolute Gasteiger partial charge is 0.472 e. The Bertz CT molecular complexity index is 899. The highest BCUT2D eigenvalue weighted by molar-refractivity contribution is 7.14. The molecule has 0 atom stereocenters. The molecule has 0 saturated heterocycles. The molecule has 25 heavy (non-hydrogen) atoms. The Morgan fingerprint density at radius 2 is 1.96 bits per heavy atom. The zero-order chi connectivity index (χ0) is 17.9. The summed E-state index contributed by atoms with van der Waals surface area (Å²) in [7, 11) is 0. The van der Waals surface area contributed by atoms with Gasteiger partial charge in [-0.15, -0.1) is 11.3 Å². The van der Waals surface area contributed by atoms with Gasteiger partial charge in [-0.2, -0.15) is 23.4 Å². The molecule has 0 radical (unpaired) electrons. The van der Waals surface area contributed by atoms with Crippen LogP contribution in [0.5, 0.6) is 16.8 Å². The zero-order valence-corrected chi connectivity index (χ0v) is 14.0. The van der Waals surface area contributed by atoms with E-state index in [1.807, 2.05) is 23.6 Å². The van der Waals surface area contributed by atoms with Crippen LogP contribution in [-0.2, 0) is 12.8 Å². The SMILES string of the molecule is N#Cc1cc(OCc2cccs2)nc(Oc2ccc(C(F)(F)F)s2)c1. The second-order valence-corrected chi connectivity index (χ2v) is 6.81. The number of nitriles is 1. The summed E-state index contributed by atoms with van der Waals surface area (Å²) in [6, 6.07) is 10.6. The molecule has 9 heteroatoms. The van der Waals surface area contributed by atoms with Crippen molar-refractivity contribution in [2.45, 2.75) is 12.8 Å². The molecule has 0 fully saturated rings. The topological polar surface area (TPSA) is 55.1 Å². The summed E-state index contributed by atoms with van der Waals surface area (Å²) in [5, 5.41) is 11.0. The third-order valence-electron chi connectivity index (χ3n) is 2.92. The minimum atomic E-state index is -4.43. The Morgan fingerprint density at radius 3 is 2.60 bits per heavy atom. The monoisotopic (exact) mass is 382 g/mol. The van der Waals surface area contributed by atoms with E-state index in [1.54, 1.807) is 0 Å². The van der Waals surface area contributed by atoms with Gasteiger partial charge in [0.1, 0.15) is 11.5 Å². The zero-order valence-electron chi connectivity index (χ0n) is 12.4. The molecule has 0 N–H and O–H groups in total. The minimum absolute atomic E-state index is 0.00389. The van der Waals surface area contributed by atoms with Crippen LogP contribution in [0.4, 0.5) is 13.2 Å². The second-order valence-electron chi connectivity index (χ2n) is 4.73. The van der Waals surface area contributed by atoms with E-state index in [2.05, 4.69) is 4.98 Å². The van der Waals surface area contributed by atoms with E-state index in [9.17, 15) is 13.2 Å². The number of nitrogens with zero attached hydrogens (tertiary/aromatic N) is 2. The number of ether oxygens (including phenoxy) is 2. The highest BCUT2D eigenvalue weighted by Crippen LogP contribution is 2.39. The summed E-state index contributed by atoms with van der Waals surface area (Å²) in [6.07, 6.45) is -4.43. The number of alkyl halides is 3. The number of halogens is 3. The van der Waals surface area contributed by atoms with Crippen LogP contribution in [0.1, 0.15) is 15.3 Å². The van der Waals surface area contributed by atoms with Crippen molar-refractivity contribution in [1.82, 2.24) is 4.98 Å². The van der Waals surface area contributed by atoms with Crippen molar-refractivity contribution in [2.24, 2.45) is 0 Å². The molecule has 0 unspecified atom stereocenters. The van der Waals surface area contributed by atoms with Crippen molar-refractivity contribution in [3.05, 3.63) is 57.1 Å². The lowest BCUT2D eigenvalue weighted by atomic mass is 10.3. The molecule has 3 rings (SSSR count). The van der Waals surface area contributed by atoms with Crippen molar-refractivity contribution < 1.29 is 22.6 Å². The van der Waals surface area contributed by atoms with Gasteiger partial charge in [0.25, 0.3) is 0 Å². The van der Waals surface area contributed by atoms with Gasteiger partial charge >= 0.3 is 6.18 Å². The average Bonchev–Trinajstić information content (AvgIpc) is 3.23. The molecule has 0 saturated carbocycles. The lowest BCUT2D eigenvalue weighted by Gasteiger charge is -2.07. The predicted octanol–water partition coefficient (Wildman–Crippen LogP) is 5.47. The van der Waals surface area contributed by atoms with Crippen LogP contribution in [0.3, 0.4) is 0 Å². The number of hydrogen-bond donors (Lipinski definition) is 0. The van der Waals surface area contributed by atoms with E-state index in [1.165, 1.54) is 29.5 Å². The van der Waals surface area contributed by atoms with E-state index < -0.39 is 11.1 Å². The van der Waals surface area contributed by atoms with Crippen LogP contribution in [0.25, 0.3) is 0 Å². The van der Waals surface area contributed by atoms with Crippen molar-refractivity contribution in [1.29, 1.82) is 5.26 Å². The molecule has 0 aliphatic carbocycles. The van der Waals surface area contributed by atoms with Gasteiger partial charge in [-0.1, -0.05) is 17.4 Å². The molecular weight excluding hydrogens is 373 g/mol. The summed E-state index contributed by atoms with van der Waals surface area (Å²) in [6.45, 7) is 0.274. The van der Waals surface area contributed by atoms with Gasteiger partial charge in [-0.05, 0) is 23.6 Å². The van der Waals surface area contributed by atoms with Gasteiger partial charge in [0, 0.05) is 17.0 Å². The van der Waals surface area contributed by atoms with Gasteiger partial charge in [0.05, 0.1) is 11.6 Å². The van der Waals surface area contributed by atoms with Crippen LogP contribution in [0.2, 0.25) is 0 Å². The van der Waals surface area contributed by atoms with E-state index in [0.29, 0.717) is 11.3 Å². The average molecular weight is 382 g/mol. The van der Waals surface area contributed by atoms with Crippen LogP contribution < -0.4 is 9.47 Å². The summed E-state index contributed by atoms with van der Waals surface area (Å²) < 4.78 is 48.8. The summed E-state index contributed by atoms with van der Waals surface area (Å²) >= 11 is 1.97. The fraction of sp³-hybridized carbons (Fsp3) is 0.125. The Labute approximate surface area is 148 Å². The first-order valence-corrected chi connectivity index (χ1v) is 8.56. The molecule has 4 nitrogen and oxygen atoms in total. The number of thiophene rings is 2. The molecule has 128 valence electrons. The molecule has 0 aromatic carbocycles. The fourth-order valence-electron chi connectivity index (χ4n) is 1.84. The molecule has 0 bridgehead atoms. The number of pyridine rings is 1. The summed E-state index contributed by atoms with van der Waals surface area (Å²) in [4.78, 5) is 4.28. The maximum absolute atomic E-state index is 12.6. The molecule has 3 heterocycles. The van der Waals surface area contributed by atoms with Crippen LogP contribution >= 0.6 is 22.7 Å². The molecule has 3 aromatic rings. The van der Waals surface area contributed by atoms with Crippen molar-refractivity contribution in [2.75, 3.05) is 0 Å². The fourth-order valence-corrected chi connectivity index (χ4v) is 3.19. The Balaban J connectivity index is 1.77. The Morgan fingerprint density at radius 1 is 1.16 bits per heavy atom. The molecule has 0 amide bonds. The van der Waals surface area contributed by atoms with E-state index >= 15 is 0 Å². The second kappa shape index (κ2) is 7.13. The highest BCUT2D eigenvalue weighted by atomic mass is 32.1. The molecule has 0 spiro atoms. The van der Waals surface area contributed by atoms with Gasteiger partial charge in [-0.3, -0.25) is 0 Å². The first-order chi connectivity index (χ1) is 11.9. The Hall–Kier alpha value is -2.57. The van der Waals surface area contributed by atoms with Crippen molar-refractivity contribution in [3.8, 4) is 22.9 Å². The van der Waals surface area contributed by atoms with E-state index in [0.717, 1.165) is 10.9 Å². The third kappa shape index (κ3) is 4.49. The number of aromatic nitrogens is 1. The predicted molar refractivity (Wildman–Crippen MR) is 87.0 cm³/mol. The number of hydrogen-bond acceptors (Lipinski definition) is 6. The van der Waals surface area contributed by atoms with Gasteiger partial charge < -0.3 is 9.47 Å². The number of rotatable bonds is 5. The summed E-state index contributed by atoms with van der Waals surface area (Å²) in [5.74, 6) is 0.158.